The first-order valence-electron chi connectivity index (χ1n) is 12.9. The molecule has 36 heavy (non-hydrogen) atoms. The van der Waals surface area contributed by atoms with Crippen LogP contribution in [0, 0.1) is 5.92 Å². The summed E-state index contributed by atoms with van der Waals surface area (Å²) in [7, 11) is 3.49. The highest BCUT2D eigenvalue weighted by Crippen LogP contribution is 2.38. The van der Waals surface area contributed by atoms with Gasteiger partial charge in [-0.15, -0.1) is 0 Å². The van der Waals surface area contributed by atoms with Crippen molar-refractivity contribution < 1.29 is 9.53 Å². The van der Waals surface area contributed by atoms with Gasteiger partial charge < -0.3 is 19.5 Å². The minimum Gasteiger partial charge on any atom is -0.385 e. The Kier molecular flexibility index (Phi) is 7.65. The third-order valence-corrected chi connectivity index (χ3v) is 8.55. The summed E-state index contributed by atoms with van der Waals surface area (Å²) in [5.41, 5.74) is 4.50. The monoisotopic (exact) mass is 554 g/mol. The highest BCUT2D eigenvalue weighted by molar-refractivity contribution is 9.08. The van der Waals surface area contributed by atoms with Gasteiger partial charge in [0.1, 0.15) is 0 Å². The van der Waals surface area contributed by atoms with Crippen molar-refractivity contribution in [1.82, 2.24) is 18.4 Å². The number of pyridine rings is 1. The molecule has 0 bridgehead atoms. The Balaban J connectivity index is 1.47. The number of ether oxygens (including phenoxy) is 1. The van der Waals surface area contributed by atoms with Crippen LogP contribution >= 0.6 is 16.1 Å². The number of para-hydroxylation sites is 1. The van der Waals surface area contributed by atoms with Gasteiger partial charge in [-0.25, -0.2) is 0 Å². The Bertz CT molecular complexity index is 1300. The van der Waals surface area contributed by atoms with E-state index >= 15 is 0 Å². The van der Waals surface area contributed by atoms with Gasteiger partial charge in [-0.05, 0) is 62.3 Å². The number of rotatable bonds is 9. The zero-order chi connectivity index (χ0) is 25.2. The van der Waals surface area contributed by atoms with Crippen molar-refractivity contribution in [3.8, 4) is 0 Å². The summed E-state index contributed by atoms with van der Waals surface area (Å²) >= 11 is 3.79. The second-order valence-corrected chi connectivity index (χ2v) is 10.8. The van der Waals surface area contributed by atoms with E-state index in [9.17, 15) is 9.59 Å². The summed E-state index contributed by atoms with van der Waals surface area (Å²) < 4.78 is 9.00. The molecule has 5 rings (SSSR count). The number of halogens is 1. The molecule has 1 saturated carbocycles. The lowest BCUT2D eigenvalue weighted by Crippen LogP contribution is -2.47. The number of nitrogens with zero attached hydrogens (tertiary/aromatic N) is 3. The van der Waals surface area contributed by atoms with Crippen molar-refractivity contribution in [3.05, 3.63) is 69.8 Å². The molecule has 1 aromatic carbocycles. The zero-order valence-electron chi connectivity index (χ0n) is 21.1. The maximum Gasteiger partial charge on any atom is 0.250 e. The molecule has 7 nitrogen and oxygen atoms in total. The Labute approximate surface area is 220 Å². The fourth-order valence-corrected chi connectivity index (χ4v) is 6.30. The lowest BCUT2D eigenvalue weighted by molar-refractivity contribution is -0.138. The first kappa shape index (κ1) is 25.2. The minimum absolute atomic E-state index is 0.0258. The van der Waals surface area contributed by atoms with Crippen molar-refractivity contribution in [2.75, 3.05) is 26.8 Å². The average Bonchev–Trinajstić information content (AvgIpc) is 3.70. The fourth-order valence-electron chi connectivity index (χ4n) is 5.60. The number of hydrogen-bond acceptors (Lipinski definition) is 4. The Morgan fingerprint density at radius 2 is 2.03 bits per heavy atom. The molecule has 192 valence electrons. The van der Waals surface area contributed by atoms with Gasteiger partial charge in [-0.1, -0.05) is 18.2 Å². The Hall–Kier alpha value is -2.42. The first-order valence-corrected chi connectivity index (χ1v) is 13.6. The summed E-state index contributed by atoms with van der Waals surface area (Å²) in [5.74, 6) is 0.0675. The van der Waals surface area contributed by atoms with Crippen LogP contribution in [-0.2, 0) is 29.5 Å². The first-order chi connectivity index (χ1) is 17.5. The molecule has 0 radical (unpaired) electrons. The van der Waals surface area contributed by atoms with Crippen LogP contribution < -0.4 is 10.9 Å². The predicted octanol–water partition coefficient (Wildman–Crippen LogP) is 3.96. The maximum absolute atomic E-state index is 14.2. The molecule has 2 fully saturated rings. The van der Waals surface area contributed by atoms with Crippen LogP contribution in [0.2, 0.25) is 0 Å². The van der Waals surface area contributed by atoms with Crippen molar-refractivity contribution in [3.63, 3.8) is 0 Å². The summed E-state index contributed by atoms with van der Waals surface area (Å²) in [6.07, 6.45) is 6.56. The molecule has 1 saturated heterocycles. The average molecular weight is 556 g/mol. The number of methoxy groups -OCH3 is 1. The van der Waals surface area contributed by atoms with E-state index in [0.717, 1.165) is 49.7 Å². The molecule has 1 N–H and O–H groups in total. The Morgan fingerprint density at radius 3 is 2.78 bits per heavy atom. The number of aryl methyl sites for hydroxylation is 1. The zero-order valence-corrected chi connectivity index (χ0v) is 22.7. The van der Waals surface area contributed by atoms with Gasteiger partial charge in [-0.3, -0.25) is 13.2 Å². The Morgan fingerprint density at radius 1 is 1.22 bits per heavy atom. The van der Waals surface area contributed by atoms with E-state index in [2.05, 4.69) is 54.2 Å². The molecule has 2 aliphatic rings. The number of amides is 1. The third kappa shape index (κ3) is 5.04. The summed E-state index contributed by atoms with van der Waals surface area (Å²) in [6.45, 7) is 2.80. The molecule has 3 aromatic rings. The second-order valence-electron chi connectivity index (χ2n) is 10.1. The van der Waals surface area contributed by atoms with E-state index in [4.69, 9.17) is 4.74 Å². The van der Waals surface area contributed by atoms with E-state index < -0.39 is 0 Å². The number of hydrogen-bond donors (Lipinski definition) is 1. The number of piperidine rings is 1. The molecule has 0 spiro atoms. The largest absolute Gasteiger partial charge is 0.385 e. The van der Waals surface area contributed by atoms with Crippen LogP contribution in [-0.4, -0.2) is 51.8 Å². The fraction of sp³-hybridized carbons (Fsp3) is 0.500. The van der Waals surface area contributed by atoms with Gasteiger partial charge >= 0.3 is 0 Å². The number of carbonyl (C=O) groups is 1. The van der Waals surface area contributed by atoms with Crippen molar-refractivity contribution in [2.45, 2.75) is 50.6 Å². The van der Waals surface area contributed by atoms with Crippen molar-refractivity contribution >= 4 is 33.0 Å². The summed E-state index contributed by atoms with van der Waals surface area (Å²) in [5, 5.41) is 4.63. The number of benzene rings is 1. The molecular weight excluding hydrogens is 520 g/mol. The SMILES string of the molecule is COCCCc1c(CN(C(=O)[C@H]2CNCC[C@@H]2c2ccn(C)c(=O)c2)C2CC2)c2ccccc2n1Br. The van der Waals surface area contributed by atoms with E-state index in [-0.39, 0.29) is 29.3 Å². The van der Waals surface area contributed by atoms with Gasteiger partial charge in [0.05, 0.1) is 27.6 Å². The van der Waals surface area contributed by atoms with Crippen molar-refractivity contribution in [2.24, 2.45) is 13.0 Å². The lowest BCUT2D eigenvalue weighted by Gasteiger charge is -2.36. The summed E-state index contributed by atoms with van der Waals surface area (Å²) in [6, 6.07) is 12.4. The normalized spacial score (nSPS) is 20.1. The maximum atomic E-state index is 14.2. The van der Waals surface area contributed by atoms with Gasteiger partial charge in [0.25, 0.3) is 5.56 Å². The van der Waals surface area contributed by atoms with Gasteiger partial charge in [-0.2, -0.15) is 0 Å². The number of fused-ring (bicyclic) bond motifs is 1. The molecule has 1 aliphatic heterocycles. The third-order valence-electron chi connectivity index (χ3n) is 7.74. The molecule has 2 aromatic heterocycles. The quantitative estimate of drug-likeness (QED) is 0.406. The molecule has 8 heteroatoms. The number of aromatic nitrogens is 2. The molecule has 3 heterocycles. The predicted molar refractivity (Wildman–Crippen MR) is 145 cm³/mol. The van der Waals surface area contributed by atoms with E-state index in [1.807, 2.05) is 12.3 Å². The van der Waals surface area contributed by atoms with Gasteiger partial charge in [0, 0.05) is 68.8 Å². The van der Waals surface area contributed by atoms with Crippen molar-refractivity contribution in [1.29, 1.82) is 0 Å². The molecule has 2 atom stereocenters. The molecule has 1 aliphatic carbocycles. The van der Waals surface area contributed by atoms with E-state index in [0.29, 0.717) is 19.7 Å². The van der Waals surface area contributed by atoms with Crippen LogP contribution in [0.25, 0.3) is 10.9 Å². The van der Waals surface area contributed by atoms with Crippen LogP contribution in [0.3, 0.4) is 0 Å². The number of nitrogens with one attached hydrogen (secondary N) is 1. The summed E-state index contributed by atoms with van der Waals surface area (Å²) in [4.78, 5) is 28.7. The number of carbonyl (C=O) groups excluding carboxylic acids is 1. The van der Waals surface area contributed by atoms with Crippen LogP contribution in [0.15, 0.2) is 47.4 Å². The molecule has 1 amide bonds. The second kappa shape index (κ2) is 10.9. The van der Waals surface area contributed by atoms with Crippen LogP contribution in [0.4, 0.5) is 0 Å². The van der Waals surface area contributed by atoms with E-state index in [1.165, 1.54) is 16.6 Å². The van der Waals surface area contributed by atoms with E-state index in [1.54, 1.807) is 24.8 Å². The van der Waals surface area contributed by atoms with Crippen LogP contribution in [0.5, 0.6) is 0 Å². The highest BCUT2D eigenvalue weighted by atomic mass is 79.9. The minimum atomic E-state index is -0.180. The smallest absolute Gasteiger partial charge is 0.250 e. The molecule has 0 unspecified atom stereocenters. The molecular formula is C28H35BrN4O3. The topological polar surface area (TPSA) is 68.5 Å². The van der Waals surface area contributed by atoms with Gasteiger partial charge in [0.2, 0.25) is 5.91 Å². The van der Waals surface area contributed by atoms with Crippen LogP contribution in [0.1, 0.15) is 48.4 Å². The lowest BCUT2D eigenvalue weighted by atomic mass is 9.80. The van der Waals surface area contributed by atoms with Gasteiger partial charge in [0.15, 0.2) is 0 Å². The highest BCUT2D eigenvalue weighted by Gasteiger charge is 2.40. The standard InChI is InChI=1S/C28H35BrN4O3/c1-31-14-12-19(16-27(31)34)21-11-13-30-17-23(21)28(35)32(20-9-10-20)18-24-22-6-3-4-7-25(22)33(29)26(24)8-5-15-36-2/h3-4,6-7,12,14,16,20-21,23,30H,5,8-11,13,15,17-18H2,1-2H3/t21-,23+/m1/s1.